The van der Waals surface area contributed by atoms with E-state index in [2.05, 4.69) is 70.3 Å². The molecule has 0 atom stereocenters. The van der Waals surface area contributed by atoms with Gasteiger partial charge in [0.25, 0.3) is 0 Å². The van der Waals surface area contributed by atoms with Crippen molar-refractivity contribution in [2.75, 3.05) is 26.0 Å². The zero-order valence-electron chi connectivity index (χ0n) is 19.9. The number of fused-ring (bicyclic) bond motifs is 1. The number of aromatic amines is 1. The van der Waals surface area contributed by atoms with Crippen molar-refractivity contribution in [3.8, 4) is 22.6 Å². The molecule has 5 rings (SSSR count). The SMILES string of the molecule is Cc1cccc(-c2nc(CN(C)Cc3ccccc3N(C)C)[nH]c2-c2ccc3ncnn3c2)n1. The maximum absolute atomic E-state index is 4.99. The van der Waals surface area contributed by atoms with Gasteiger partial charge in [-0.2, -0.15) is 5.10 Å². The van der Waals surface area contributed by atoms with Crippen LogP contribution in [-0.4, -0.2) is 55.6 Å². The van der Waals surface area contributed by atoms with E-state index < -0.39 is 0 Å². The van der Waals surface area contributed by atoms with E-state index in [1.807, 2.05) is 43.5 Å². The molecule has 1 N–H and O–H groups in total. The Kier molecular flexibility index (Phi) is 5.81. The smallest absolute Gasteiger partial charge is 0.155 e. The number of para-hydroxylation sites is 1. The Morgan fingerprint density at radius 1 is 0.912 bits per heavy atom. The molecule has 172 valence electrons. The first-order valence-electron chi connectivity index (χ1n) is 11.2. The molecule has 0 bridgehead atoms. The van der Waals surface area contributed by atoms with Gasteiger partial charge in [-0.15, -0.1) is 0 Å². The van der Waals surface area contributed by atoms with Crippen molar-refractivity contribution in [3.63, 3.8) is 0 Å². The van der Waals surface area contributed by atoms with Gasteiger partial charge in [0, 0.05) is 43.8 Å². The van der Waals surface area contributed by atoms with Gasteiger partial charge < -0.3 is 9.88 Å². The van der Waals surface area contributed by atoms with Crippen molar-refractivity contribution in [1.29, 1.82) is 0 Å². The molecule has 0 spiro atoms. The highest BCUT2D eigenvalue weighted by Gasteiger charge is 2.18. The Bertz CT molecular complexity index is 1430. The summed E-state index contributed by atoms with van der Waals surface area (Å²) in [7, 11) is 6.26. The van der Waals surface area contributed by atoms with Crippen LogP contribution in [0.3, 0.4) is 0 Å². The number of nitrogens with one attached hydrogen (secondary N) is 1. The monoisotopic (exact) mass is 452 g/mol. The van der Waals surface area contributed by atoms with E-state index in [0.29, 0.717) is 6.54 Å². The summed E-state index contributed by atoms with van der Waals surface area (Å²) in [6.07, 6.45) is 3.52. The van der Waals surface area contributed by atoms with E-state index >= 15 is 0 Å². The van der Waals surface area contributed by atoms with Crippen molar-refractivity contribution in [2.45, 2.75) is 20.0 Å². The second-order valence-electron chi connectivity index (χ2n) is 8.75. The van der Waals surface area contributed by atoms with E-state index in [4.69, 9.17) is 9.97 Å². The summed E-state index contributed by atoms with van der Waals surface area (Å²) in [6, 6.07) is 18.5. The number of hydrogen-bond acceptors (Lipinski definition) is 6. The fourth-order valence-electron chi connectivity index (χ4n) is 4.21. The number of aromatic nitrogens is 6. The highest BCUT2D eigenvalue weighted by molar-refractivity contribution is 5.77. The zero-order chi connectivity index (χ0) is 23.7. The third-order valence-corrected chi connectivity index (χ3v) is 5.78. The molecule has 0 saturated carbocycles. The minimum atomic E-state index is 0.673. The van der Waals surface area contributed by atoms with Gasteiger partial charge in [-0.1, -0.05) is 24.3 Å². The maximum atomic E-state index is 4.99. The number of benzene rings is 1. The van der Waals surface area contributed by atoms with Crippen LogP contribution in [0.2, 0.25) is 0 Å². The first kappa shape index (κ1) is 21.8. The fourth-order valence-corrected chi connectivity index (χ4v) is 4.21. The van der Waals surface area contributed by atoms with E-state index in [1.165, 1.54) is 11.3 Å². The molecule has 0 fully saturated rings. The van der Waals surface area contributed by atoms with Gasteiger partial charge in [0.2, 0.25) is 0 Å². The van der Waals surface area contributed by atoms with E-state index in [0.717, 1.165) is 46.4 Å². The normalized spacial score (nSPS) is 11.4. The van der Waals surface area contributed by atoms with Crippen molar-refractivity contribution in [3.05, 3.63) is 84.2 Å². The average Bonchev–Trinajstić information content (AvgIpc) is 3.45. The van der Waals surface area contributed by atoms with Crippen LogP contribution >= 0.6 is 0 Å². The molecular formula is C26H28N8. The first-order valence-corrected chi connectivity index (χ1v) is 11.2. The number of anilines is 1. The zero-order valence-corrected chi connectivity index (χ0v) is 19.9. The van der Waals surface area contributed by atoms with Gasteiger partial charge in [0.1, 0.15) is 17.8 Å². The van der Waals surface area contributed by atoms with Gasteiger partial charge in [0.15, 0.2) is 5.65 Å². The van der Waals surface area contributed by atoms with Gasteiger partial charge >= 0.3 is 0 Å². The van der Waals surface area contributed by atoms with Gasteiger partial charge in [-0.3, -0.25) is 9.88 Å². The van der Waals surface area contributed by atoms with Gasteiger partial charge in [-0.05, 0) is 49.9 Å². The summed E-state index contributed by atoms with van der Waals surface area (Å²) < 4.78 is 1.77. The molecule has 0 aliphatic heterocycles. The Hall–Kier alpha value is -4.04. The minimum absolute atomic E-state index is 0.673. The molecule has 0 unspecified atom stereocenters. The molecule has 4 heterocycles. The standard InChI is InChI=1S/C26H28N8/c1-18-8-7-10-21(29-18)26-25(20-12-13-24-27-17-28-34(24)15-20)30-23(31-26)16-33(4)14-19-9-5-6-11-22(19)32(2)3/h5-13,15,17H,14,16H2,1-4H3,(H,30,31). The third-order valence-electron chi connectivity index (χ3n) is 5.78. The summed E-state index contributed by atoms with van der Waals surface area (Å²) >= 11 is 0. The van der Waals surface area contributed by atoms with Gasteiger partial charge in [-0.25, -0.2) is 14.5 Å². The third kappa shape index (κ3) is 4.40. The molecule has 4 aromatic heterocycles. The first-order chi connectivity index (χ1) is 16.5. The van der Waals surface area contributed by atoms with E-state index in [-0.39, 0.29) is 0 Å². The summed E-state index contributed by atoms with van der Waals surface area (Å²) in [4.78, 5) is 22.0. The lowest BCUT2D eigenvalue weighted by atomic mass is 10.1. The molecule has 0 saturated heterocycles. The van der Waals surface area contributed by atoms with E-state index in [9.17, 15) is 0 Å². The molecule has 8 nitrogen and oxygen atoms in total. The molecule has 0 radical (unpaired) electrons. The van der Waals surface area contributed by atoms with Crippen LogP contribution in [0, 0.1) is 6.92 Å². The number of pyridine rings is 2. The van der Waals surface area contributed by atoms with Crippen molar-refractivity contribution < 1.29 is 0 Å². The average molecular weight is 453 g/mol. The van der Waals surface area contributed by atoms with Crippen molar-refractivity contribution in [1.82, 2.24) is 34.4 Å². The number of aryl methyl sites for hydroxylation is 1. The van der Waals surface area contributed by atoms with Crippen LogP contribution in [0.15, 0.2) is 67.1 Å². The lowest BCUT2D eigenvalue weighted by molar-refractivity contribution is 0.312. The number of hydrogen-bond donors (Lipinski definition) is 1. The minimum Gasteiger partial charge on any atom is -0.377 e. The molecule has 0 aliphatic carbocycles. The molecule has 1 aromatic carbocycles. The molecule has 8 heteroatoms. The number of rotatable bonds is 7. The van der Waals surface area contributed by atoms with E-state index in [1.54, 1.807) is 10.8 Å². The van der Waals surface area contributed by atoms with Crippen LogP contribution in [0.1, 0.15) is 17.1 Å². The summed E-state index contributed by atoms with van der Waals surface area (Å²) in [5.41, 5.74) is 7.84. The van der Waals surface area contributed by atoms with Crippen LogP contribution in [0.4, 0.5) is 5.69 Å². The molecule has 0 amide bonds. The number of nitrogens with zero attached hydrogens (tertiary/aromatic N) is 7. The van der Waals surface area contributed by atoms with Crippen LogP contribution < -0.4 is 4.90 Å². The van der Waals surface area contributed by atoms with Crippen LogP contribution in [-0.2, 0) is 13.1 Å². The molecule has 5 aromatic rings. The Morgan fingerprint density at radius 3 is 2.59 bits per heavy atom. The summed E-state index contributed by atoms with van der Waals surface area (Å²) in [5.74, 6) is 0.886. The molecule has 0 aliphatic rings. The number of imidazole rings is 1. The Labute approximate surface area is 198 Å². The van der Waals surface area contributed by atoms with Crippen LogP contribution in [0.5, 0.6) is 0 Å². The topological polar surface area (TPSA) is 78.2 Å². The highest BCUT2D eigenvalue weighted by Crippen LogP contribution is 2.30. The predicted molar refractivity (Wildman–Crippen MR) is 134 cm³/mol. The maximum Gasteiger partial charge on any atom is 0.155 e. The quantitative estimate of drug-likeness (QED) is 0.399. The van der Waals surface area contributed by atoms with Crippen LogP contribution in [0.25, 0.3) is 28.3 Å². The van der Waals surface area contributed by atoms with Gasteiger partial charge in [0.05, 0.1) is 17.9 Å². The second-order valence-corrected chi connectivity index (χ2v) is 8.75. The Morgan fingerprint density at radius 2 is 1.76 bits per heavy atom. The fraction of sp³-hybridized carbons (Fsp3) is 0.231. The largest absolute Gasteiger partial charge is 0.377 e. The summed E-state index contributed by atoms with van der Waals surface area (Å²) in [5, 5.41) is 4.29. The molecular weight excluding hydrogens is 424 g/mol. The lowest BCUT2D eigenvalue weighted by Crippen LogP contribution is -2.20. The lowest BCUT2D eigenvalue weighted by Gasteiger charge is -2.21. The molecule has 34 heavy (non-hydrogen) atoms. The second kappa shape index (κ2) is 9.07. The Balaban J connectivity index is 1.49. The van der Waals surface area contributed by atoms with Crippen molar-refractivity contribution in [2.24, 2.45) is 0 Å². The van der Waals surface area contributed by atoms with Crippen molar-refractivity contribution >= 4 is 11.3 Å². The predicted octanol–water partition coefficient (Wildman–Crippen LogP) is 4.19. The highest BCUT2D eigenvalue weighted by atomic mass is 15.3. The number of H-pyrrole nitrogens is 1. The summed E-state index contributed by atoms with van der Waals surface area (Å²) in [6.45, 7) is 3.48.